The minimum Gasteiger partial charge on any atom is -0.463 e. The van der Waals surface area contributed by atoms with Crippen molar-refractivity contribution in [3.8, 4) is 0 Å². The van der Waals surface area contributed by atoms with Crippen molar-refractivity contribution in [2.24, 2.45) is 0 Å². The van der Waals surface area contributed by atoms with Crippen LogP contribution in [0.5, 0.6) is 0 Å². The monoisotopic (exact) mass is 227 g/mol. The van der Waals surface area contributed by atoms with Crippen LogP contribution < -0.4 is 10.6 Å². The Labute approximate surface area is 93.0 Å². The highest BCUT2D eigenvalue weighted by molar-refractivity contribution is 5.92. The van der Waals surface area contributed by atoms with E-state index >= 15 is 0 Å². The van der Waals surface area contributed by atoms with E-state index in [9.17, 15) is 9.59 Å². The van der Waals surface area contributed by atoms with Gasteiger partial charge in [0.25, 0.3) is 5.91 Å². The Balaban J connectivity index is 2.29. The van der Waals surface area contributed by atoms with Crippen LogP contribution in [-0.4, -0.2) is 25.7 Å². The van der Waals surface area contributed by atoms with Gasteiger partial charge >= 0.3 is 6.09 Å². The van der Waals surface area contributed by atoms with Crippen molar-refractivity contribution in [3.63, 3.8) is 0 Å². The van der Waals surface area contributed by atoms with Crippen LogP contribution in [0.15, 0.2) is 22.8 Å². The summed E-state index contributed by atoms with van der Waals surface area (Å²) in [5, 5.41) is 3.83. The Bertz CT molecular complexity index is 348. The van der Waals surface area contributed by atoms with E-state index in [0.717, 1.165) is 5.76 Å². The molecular formula is C10H15N2O4+. The lowest BCUT2D eigenvalue weighted by Crippen LogP contribution is -2.87. The Kier molecular flexibility index (Phi) is 4.53. The molecule has 3 N–H and O–H groups in total. The number of imide groups is 1. The highest BCUT2D eigenvalue weighted by atomic mass is 16.5. The lowest BCUT2D eigenvalue weighted by atomic mass is 10.2. The predicted octanol–water partition coefficient (Wildman–Crippen LogP) is -0.213. The molecule has 88 valence electrons. The molecule has 0 bridgehead atoms. The van der Waals surface area contributed by atoms with Gasteiger partial charge in [-0.15, -0.1) is 0 Å². The zero-order valence-corrected chi connectivity index (χ0v) is 9.23. The number of nitrogens with two attached hydrogens (primary N) is 1. The van der Waals surface area contributed by atoms with Gasteiger partial charge in [0.15, 0.2) is 12.3 Å². The molecule has 1 heterocycles. The number of rotatable bonds is 4. The minimum atomic E-state index is -0.746. The Morgan fingerprint density at radius 2 is 2.38 bits per heavy atom. The number of nitrogens with one attached hydrogen (secondary N) is 1. The molecule has 0 saturated carbocycles. The number of furan rings is 1. The van der Waals surface area contributed by atoms with Crippen LogP contribution in [0.1, 0.15) is 18.7 Å². The fourth-order valence-electron chi connectivity index (χ4n) is 1.17. The van der Waals surface area contributed by atoms with Crippen molar-refractivity contribution in [1.82, 2.24) is 5.32 Å². The number of carbonyl (C=O) groups is 2. The molecule has 0 aliphatic heterocycles. The number of alkyl carbamates (subject to hydrolysis) is 1. The van der Waals surface area contributed by atoms with E-state index < -0.39 is 12.0 Å². The van der Waals surface area contributed by atoms with E-state index in [-0.39, 0.29) is 12.6 Å². The van der Waals surface area contributed by atoms with Gasteiger partial charge in [0.2, 0.25) is 0 Å². The summed E-state index contributed by atoms with van der Waals surface area (Å²) in [5.41, 5.74) is 0. The van der Waals surface area contributed by atoms with Crippen molar-refractivity contribution in [2.45, 2.75) is 13.0 Å². The molecule has 2 amide bonds. The van der Waals surface area contributed by atoms with E-state index in [2.05, 4.69) is 10.1 Å². The Morgan fingerprint density at radius 1 is 1.62 bits per heavy atom. The third kappa shape index (κ3) is 3.74. The van der Waals surface area contributed by atoms with Gasteiger partial charge in [-0.3, -0.25) is 10.1 Å². The molecule has 0 fully saturated rings. The lowest BCUT2D eigenvalue weighted by molar-refractivity contribution is -0.684. The summed E-state index contributed by atoms with van der Waals surface area (Å²) < 4.78 is 9.47. The SMILES string of the molecule is COC(=O)NC(=O)C[NH2+][C@H](C)c1ccco1. The average Bonchev–Trinajstić information content (AvgIpc) is 2.79. The second-order valence-corrected chi connectivity index (χ2v) is 3.28. The van der Waals surface area contributed by atoms with Crippen molar-refractivity contribution < 1.29 is 24.1 Å². The largest absolute Gasteiger partial charge is 0.463 e. The van der Waals surface area contributed by atoms with Crippen LogP contribution in [0.25, 0.3) is 0 Å². The number of ether oxygens (including phenoxy) is 1. The molecule has 0 aliphatic carbocycles. The number of amides is 2. The predicted molar refractivity (Wildman–Crippen MR) is 54.5 cm³/mol. The maximum atomic E-state index is 11.2. The zero-order chi connectivity index (χ0) is 12.0. The minimum absolute atomic E-state index is 0.0263. The third-order valence-corrected chi connectivity index (χ3v) is 2.08. The first-order chi connectivity index (χ1) is 7.63. The highest BCUT2D eigenvalue weighted by Crippen LogP contribution is 2.06. The summed E-state index contributed by atoms with van der Waals surface area (Å²) in [4.78, 5) is 21.9. The lowest BCUT2D eigenvalue weighted by Gasteiger charge is -2.07. The van der Waals surface area contributed by atoms with E-state index in [0.29, 0.717) is 0 Å². The van der Waals surface area contributed by atoms with Gasteiger partial charge in [-0.05, 0) is 19.1 Å². The van der Waals surface area contributed by atoms with Crippen molar-refractivity contribution in [1.29, 1.82) is 0 Å². The second kappa shape index (κ2) is 5.92. The number of carbonyl (C=O) groups excluding carboxylic acids is 2. The molecule has 0 aromatic carbocycles. The molecule has 1 atom stereocenters. The van der Waals surface area contributed by atoms with Crippen LogP contribution in [0.2, 0.25) is 0 Å². The van der Waals surface area contributed by atoms with Crippen molar-refractivity contribution >= 4 is 12.0 Å². The number of methoxy groups -OCH3 is 1. The average molecular weight is 227 g/mol. The molecule has 0 radical (unpaired) electrons. The number of hydrogen-bond donors (Lipinski definition) is 2. The standard InChI is InChI=1S/C10H14N2O4/c1-7(8-4-3-5-16-8)11-6-9(13)12-10(14)15-2/h3-5,7,11H,6H2,1-2H3,(H,12,13,14)/p+1/t7-/m1/s1. The van der Waals surface area contributed by atoms with E-state index in [1.807, 2.05) is 13.0 Å². The summed E-state index contributed by atoms with van der Waals surface area (Å²) in [6.07, 6.45) is 0.831. The summed E-state index contributed by atoms with van der Waals surface area (Å²) in [7, 11) is 1.21. The van der Waals surface area contributed by atoms with Gasteiger partial charge in [-0.25, -0.2) is 4.79 Å². The fraction of sp³-hybridized carbons (Fsp3) is 0.400. The van der Waals surface area contributed by atoms with Crippen LogP contribution in [0.4, 0.5) is 4.79 Å². The molecule has 0 aliphatic rings. The van der Waals surface area contributed by atoms with E-state index in [4.69, 9.17) is 4.42 Å². The molecule has 1 aromatic heterocycles. The molecular weight excluding hydrogens is 212 g/mol. The van der Waals surface area contributed by atoms with E-state index in [1.165, 1.54) is 7.11 Å². The second-order valence-electron chi connectivity index (χ2n) is 3.28. The normalized spacial score (nSPS) is 11.9. The van der Waals surface area contributed by atoms with Gasteiger partial charge in [-0.2, -0.15) is 0 Å². The van der Waals surface area contributed by atoms with Crippen LogP contribution in [-0.2, 0) is 9.53 Å². The molecule has 1 aromatic rings. The molecule has 0 spiro atoms. The first kappa shape index (κ1) is 12.3. The smallest absolute Gasteiger partial charge is 0.413 e. The molecule has 16 heavy (non-hydrogen) atoms. The van der Waals surface area contributed by atoms with Gasteiger partial charge in [0, 0.05) is 0 Å². The van der Waals surface area contributed by atoms with Crippen LogP contribution >= 0.6 is 0 Å². The van der Waals surface area contributed by atoms with Crippen molar-refractivity contribution in [3.05, 3.63) is 24.2 Å². The molecule has 0 saturated heterocycles. The van der Waals surface area contributed by atoms with Gasteiger partial charge in [0.05, 0.1) is 13.4 Å². The molecule has 6 nitrogen and oxygen atoms in total. The maximum Gasteiger partial charge on any atom is 0.413 e. The highest BCUT2D eigenvalue weighted by Gasteiger charge is 2.14. The fourth-order valence-corrected chi connectivity index (χ4v) is 1.17. The maximum absolute atomic E-state index is 11.2. The Hall–Kier alpha value is -1.82. The summed E-state index contributed by atoms with van der Waals surface area (Å²) in [5.74, 6) is 0.385. The quantitative estimate of drug-likeness (QED) is 0.745. The summed E-state index contributed by atoms with van der Waals surface area (Å²) in [6, 6.07) is 3.64. The number of hydrogen-bond acceptors (Lipinski definition) is 4. The van der Waals surface area contributed by atoms with Gasteiger partial charge < -0.3 is 14.5 Å². The molecule has 0 unspecified atom stereocenters. The first-order valence-corrected chi connectivity index (χ1v) is 4.88. The van der Waals surface area contributed by atoms with Gasteiger partial charge in [0.1, 0.15) is 6.04 Å². The zero-order valence-electron chi connectivity index (χ0n) is 9.23. The first-order valence-electron chi connectivity index (χ1n) is 4.88. The topological polar surface area (TPSA) is 85.1 Å². The summed E-state index contributed by atoms with van der Waals surface area (Å²) in [6.45, 7) is 2.04. The summed E-state index contributed by atoms with van der Waals surface area (Å²) >= 11 is 0. The van der Waals surface area contributed by atoms with Crippen molar-refractivity contribution in [2.75, 3.05) is 13.7 Å². The van der Waals surface area contributed by atoms with Crippen LogP contribution in [0.3, 0.4) is 0 Å². The van der Waals surface area contributed by atoms with Crippen LogP contribution in [0, 0.1) is 0 Å². The Morgan fingerprint density at radius 3 is 2.94 bits per heavy atom. The van der Waals surface area contributed by atoms with Gasteiger partial charge in [-0.1, -0.05) is 0 Å². The third-order valence-electron chi connectivity index (χ3n) is 2.08. The number of quaternary nitrogens is 1. The van der Waals surface area contributed by atoms with E-state index in [1.54, 1.807) is 17.6 Å². The molecule has 6 heteroatoms. The molecule has 1 rings (SSSR count).